The van der Waals surface area contributed by atoms with Crippen LogP contribution < -0.4 is 14.2 Å². The van der Waals surface area contributed by atoms with Crippen molar-refractivity contribution in [2.75, 3.05) is 20.8 Å². The second kappa shape index (κ2) is 21.2. The molecule has 10 nitrogen and oxygen atoms in total. The van der Waals surface area contributed by atoms with Gasteiger partial charge in [-0.15, -0.1) is 0 Å². The number of hydrogen-bond donors (Lipinski definition) is 1. The summed E-state index contributed by atoms with van der Waals surface area (Å²) in [4.78, 5) is 11.9. The number of methoxy groups -OCH3 is 2. The molecular formula is C47H50O10. The van der Waals surface area contributed by atoms with Crippen LogP contribution in [0.5, 0.6) is 17.2 Å². The van der Waals surface area contributed by atoms with E-state index in [1.54, 1.807) is 25.1 Å². The summed E-state index contributed by atoms with van der Waals surface area (Å²) >= 11 is 0. The second-order valence-electron chi connectivity index (χ2n) is 13.5. The number of carboxylic acids is 1. The van der Waals surface area contributed by atoms with Gasteiger partial charge in [0.1, 0.15) is 24.4 Å². The molecule has 298 valence electrons. The van der Waals surface area contributed by atoms with Gasteiger partial charge in [0.05, 0.1) is 47.3 Å². The Balaban J connectivity index is 1.40. The zero-order valence-corrected chi connectivity index (χ0v) is 32.5. The first-order valence-corrected chi connectivity index (χ1v) is 19.1. The molecule has 0 radical (unpaired) electrons. The number of hydrogen-bond acceptors (Lipinski definition) is 9. The normalized spacial score (nSPS) is 19.5. The van der Waals surface area contributed by atoms with Gasteiger partial charge in [0.25, 0.3) is 0 Å². The lowest BCUT2D eigenvalue weighted by Crippen LogP contribution is -2.62. The van der Waals surface area contributed by atoms with Crippen molar-refractivity contribution in [2.24, 2.45) is 0 Å². The first-order valence-electron chi connectivity index (χ1n) is 19.1. The molecule has 0 amide bonds. The summed E-state index contributed by atoms with van der Waals surface area (Å²) in [5.74, 6) is -0.130. The maximum atomic E-state index is 11.9. The fourth-order valence-corrected chi connectivity index (χ4v) is 6.57. The van der Waals surface area contributed by atoms with Crippen molar-refractivity contribution in [1.29, 1.82) is 0 Å². The molecule has 1 saturated heterocycles. The summed E-state index contributed by atoms with van der Waals surface area (Å²) in [5, 5.41) is 9.72. The van der Waals surface area contributed by atoms with Crippen LogP contribution >= 0.6 is 0 Å². The Kier molecular flexibility index (Phi) is 15.3. The topological polar surface area (TPSA) is 111 Å². The summed E-state index contributed by atoms with van der Waals surface area (Å²) < 4.78 is 52.1. The number of carboxylic acid groups (broad SMARTS) is 1. The monoisotopic (exact) mass is 774 g/mol. The van der Waals surface area contributed by atoms with Crippen molar-refractivity contribution in [3.05, 3.63) is 167 Å². The molecule has 57 heavy (non-hydrogen) atoms. The summed E-state index contributed by atoms with van der Waals surface area (Å²) in [5.41, 5.74) is 4.73. The molecule has 0 spiro atoms. The van der Waals surface area contributed by atoms with Crippen LogP contribution in [-0.4, -0.2) is 62.6 Å². The van der Waals surface area contributed by atoms with Gasteiger partial charge in [-0.3, -0.25) is 0 Å². The van der Waals surface area contributed by atoms with E-state index in [1.165, 1.54) is 14.2 Å². The molecule has 1 heterocycles. The third kappa shape index (κ3) is 11.5. The second-order valence-corrected chi connectivity index (χ2v) is 13.5. The van der Waals surface area contributed by atoms with E-state index in [0.29, 0.717) is 36.7 Å². The van der Waals surface area contributed by atoms with Crippen LogP contribution in [0.25, 0.3) is 6.08 Å². The number of rotatable bonds is 20. The lowest BCUT2D eigenvalue weighted by atomic mass is 9.97. The zero-order chi connectivity index (χ0) is 39.8. The van der Waals surface area contributed by atoms with E-state index in [1.807, 2.05) is 121 Å². The molecule has 1 N–H and O–H groups in total. The average molecular weight is 775 g/mol. The molecule has 0 aliphatic carbocycles. The van der Waals surface area contributed by atoms with Crippen molar-refractivity contribution >= 4 is 12.0 Å². The Labute approximate surface area is 334 Å². The van der Waals surface area contributed by atoms with Gasteiger partial charge in [-0.1, -0.05) is 128 Å². The van der Waals surface area contributed by atoms with Crippen LogP contribution in [0.2, 0.25) is 0 Å². The number of carbonyl (C=O) groups is 1. The average Bonchev–Trinajstić information content (AvgIpc) is 3.25. The first kappa shape index (κ1) is 41.2. The molecule has 0 aromatic heterocycles. The Morgan fingerprint density at radius 2 is 1.07 bits per heavy atom. The summed E-state index contributed by atoms with van der Waals surface area (Å²) in [7, 11) is 3.02. The quantitative estimate of drug-likeness (QED) is 0.0772. The lowest BCUT2D eigenvalue weighted by Gasteiger charge is -2.45. The summed E-state index contributed by atoms with van der Waals surface area (Å²) in [6.07, 6.45) is -2.06. The summed E-state index contributed by atoms with van der Waals surface area (Å²) in [6.45, 7) is 3.08. The third-order valence-electron chi connectivity index (χ3n) is 9.55. The van der Waals surface area contributed by atoms with E-state index in [9.17, 15) is 9.90 Å². The molecule has 1 fully saturated rings. The van der Waals surface area contributed by atoms with E-state index in [-0.39, 0.29) is 31.1 Å². The van der Waals surface area contributed by atoms with Gasteiger partial charge in [-0.05, 0) is 52.4 Å². The highest BCUT2D eigenvalue weighted by Crippen LogP contribution is 2.42. The molecule has 1 aliphatic rings. The molecule has 1 aliphatic heterocycles. The van der Waals surface area contributed by atoms with Gasteiger partial charge >= 0.3 is 5.97 Å². The maximum Gasteiger partial charge on any atom is 0.331 e. The van der Waals surface area contributed by atoms with E-state index >= 15 is 0 Å². The van der Waals surface area contributed by atoms with Gasteiger partial charge in [-0.2, -0.15) is 0 Å². The minimum Gasteiger partial charge on any atom is -0.493 e. The van der Waals surface area contributed by atoms with E-state index in [4.69, 9.17) is 37.9 Å². The molecule has 5 atom stereocenters. The third-order valence-corrected chi connectivity index (χ3v) is 9.55. The van der Waals surface area contributed by atoms with Gasteiger partial charge in [0, 0.05) is 5.57 Å². The van der Waals surface area contributed by atoms with Crippen LogP contribution in [0.15, 0.2) is 139 Å². The lowest BCUT2D eigenvalue weighted by molar-refractivity contribution is -0.310. The highest BCUT2D eigenvalue weighted by molar-refractivity contribution is 5.92. The van der Waals surface area contributed by atoms with Crippen LogP contribution in [0.3, 0.4) is 0 Å². The fourth-order valence-electron chi connectivity index (χ4n) is 6.57. The number of benzene rings is 5. The molecule has 10 heteroatoms. The molecular weight excluding hydrogens is 725 g/mol. The zero-order valence-electron chi connectivity index (χ0n) is 32.5. The van der Waals surface area contributed by atoms with Crippen molar-refractivity contribution < 1.29 is 47.8 Å². The predicted molar refractivity (Wildman–Crippen MR) is 216 cm³/mol. The SMILES string of the molecule is CCC(=Cc1cc(OC)c(O[C@H]2O[C@H](COCc3ccccc3)[C@@H](OCc3ccccc3)[C@H](OCc3ccccc3)[C@@H]2OCc2ccccc2)c(OC)c1)C(=O)O. The van der Waals surface area contributed by atoms with Crippen LogP contribution in [0.4, 0.5) is 0 Å². The highest BCUT2D eigenvalue weighted by Gasteiger charge is 2.50. The number of aliphatic carboxylic acids is 1. The Morgan fingerprint density at radius 1 is 0.632 bits per heavy atom. The number of ether oxygens (including phenoxy) is 8. The first-order chi connectivity index (χ1) is 27.9. The van der Waals surface area contributed by atoms with Gasteiger partial charge < -0.3 is 43.0 Å². The van der Waals surface area contributed by atoms with Crippen LogP contribution in [0.1, 0.15) is 41.2 Å². The summed E-state index contributed by atoms with van der Waals surface area (Å²) in [6, 6.07) is 43.0. The van der Waals surface area contributed by atoms with Gasteiger partial charge in [0.15, 0.2) is 11.5 Å². The predicted octanol–water partition coefficient (Wildman–Crippen LogP) is 8.66. The van der Waals surface area contributed by atoms with Crippen molar-refractivity contribution in [3.63, 3.8) is 0 Å². The Morgan fingerprint density at radius 3 is 1.51 bits per heavy atom. The highest BCUT2D eigenvalue weighted by atomic mass is 16.7. The van der Waals surface area contributed by atoms with E-state index < -0.39 is 36.7 Å². The van der Waals surface area contributed by atoms with E-state index in [2.05, 4.69) is 0 Å². The van der Waals surface area contributed by atoms with Crippen LogP contribution in [0, 0.1) is 0 Å². The Hall–Kier alpha value is -5.49. The molecule has 0 bridgehead atoms. The van der Waals surface area contributed by atoms with Gasteiger partial charge in [0.2, 0.25) is 12.0 Å². The van der Waals surface area contributed by atoms with Gasteiger partial charge in [-0.25, -0.2) is 4.79 Å². The minimum absolute atomic E-state index is 0.151. The maximum absolute atomic E-state index is 11.9. The molecule has 6 rings (SSSR count). The molecule has 5 aromatic carbocycles. The standard InChI is InChI=1S/C47H50O10/c1-4-38(46(48)49)25-37-26-39(50-2)42(40(27-37)51-3)57-47-45(55-31-36-23-15-8-16-24-36)44(54-30-35-21-13-7-14-22-35)43(53-29-34-19-11-6-12-20-34)41(56-47)32-52-28-33-17-9-5-10-18-33/h5-27,41,43-45,47H,4,28-32H2,1-3H3,(H,48,49)/t41-,43-,44+,45+,47-/m1/s1. The van der Waals surface area contributed by atoms with E-state index in [0.717, 1.165) is 22.3 Å². The molecule has 0 saturated carbocycles. The largest absolute Gasteiger partial charge is 0.493 e. The Bertz CT molecular complexity index is 1960. The smallest absolute Gasteiger partial charge is 0.331 e. The van der Waals surface area contributed by atoms with Crippen molar-refractivity contribution in [1.82, 2.24) is 0 Å². The van der Waals surface area contributed by atoms with Crippen LogP contribution in [-0.2, 0) is 54.9 Å². The fraction of sp³-hybridized carbons (Fsp3) is 0.298. The molecule has 0 unspecified atom stereocenters. The molecule has 5 aromatic rings. The minimum atomic E-state index is -1.08. The van der Waals surface area contributed by atoms with Crippen molar-refractivity contribution in [3.8, 4) is 17.2 Å². The van der Waals surface area contributed by atoms with Crippen molar-refractivity contribution in [2.45, 2.75) is 70.5 Å².